The Hall–Kier alpha value is -0.940. The molecule has 1 aliphatic heterocycles. The molecule has 1 N–H and O–H groups in total. The number of hydrogen-bond donors (Lipinski definition) is 1. The molecule has 0 saturated carbocycles. The van der Waals surface area contributed by atoms with Crippen LogP contribution in [0.4, 0.5) is 0 Å². The topological polar surface area (TPSA) is 54.2 Å². The van der Waals surface area contributed by atoms with E-state index in [1.165, 1.54) is 6.42 Å². The molecule has 0 amide bonds. The zero-order chi connectivity index (χ0) is 13.8. The van der Waals surface area contributed by atoms with E-state index in [0.717, 1.165) is 31.9 Å². The van der Waals surface area contributed by atoms with Crippen molar-refractivity contribution in [3.05, 3.63) is 11.7 Å². The average Bonchev–Trinajstić information content (AvgIpc) is 2.81. The lowest BCUT2D eigenvalue weighted by Crippen LogP contribution is -2.58. The number of rotatable bonds is 5. The van der Waals surface area contributed by atoms with Crippen LogP contribution in [-0.4, -0.2) is 46.8 Å². The predicted octanol–water partition coefficient (Wildman–Crippen LogP) is 1.63. The third-order valence-electron chi connectivity index (χ3n) is 3.99. The number of piperazine rings is 1. The highest BCUT2D eigenvalue weighted by Gasteiger charge is 2.28. The third-order valence-corrected chi connectivity index (χ3v) is 3.99. The Morgan fingerprint density at radius 1 is 1.47 bits per heavy atom. The van der Waals surface area contributed by atoms with Gasteiger partial charge in [0, 0.05) is 45.1 Å². The van der Waals surface area contributed by atoms with E-state index in [-0.39, 0.29) is 0 Å². The molecule has 1 aromatic rings. The fraction of sp³-hybridized carbons (Fsp3) is 0.857. The van der Waals surface area contributed by atoms with E-state index in [1.54, 1.807) is 0 Å². The Bertz CT molecular complexity index is 391. The SMILES string of the molecule is CCC1CN(CCc2noc(C)n2)C(C(C)C)CN1. The molecule has 19 heavy (non-hydrogen) atoms. The first-order valence-corrected chi connectivity index (χ1v) is 7.36. The van der Waals surface area contributed by atoms with Gasteiger partial charge in [-0.1, -0.05) is 25.9 Å². The van der Waals surface area contributed by atoms with Gasteiger partial charge in [-0.3, -0.25) is 4.90 Å². The minimum absolute atomic E-state index is 0.607. The summed E-state index contributed by atoms with van der Waals surface area (Å²) >= 11 is 0. The quantitative estimate of drug-likeness (QED) is 0.878. The molecule has 0 aliphatic carbocycles. The highest BCUT2D eigenvalue weighted by molar-refractivity contribution is 4.90. The van der Waals surface area contributed by atoms with Crippen LogP contribution < -0.4 is 5.32 Å². The molecule has 5 nitrogen and oxygen atoms in total. The normalized spacial score (nSPS) is 25.1. The van der Waals surface area contributed by atoms with Crippen molar-refractivity contribution >= 4 is 0 Å². The molecule has 2 atom stereocenters. The fourth-order valence-electron chi connectivity index (χ4n) is 2.77. The summed E-state index contributed by atoms with van der Waals surface area (Å²) in [6.45, 7) is 11.9. The van der Waals surface area contributed by atoms with Gasteiger partial charge in [0.15, 0.2) is 5.82 Å². The fourth-order valence-corrected chi connectivity index (χ4v) is 2.77. The molecule has 1 aromatic heterocycles. The molecule has 0 spiro atoms. The molecule has 1 fully saturated rings. The zero-order valence-electron chi connectivity index (χ0n) is 12.5. The second-order valence-corrected chi connectivity index (χ2v) is 5.80. The summed E-state index contributed by atoms with van der Waals surface area (Å²) in [6, 6.07) is 1.22. The van der Waals surface area contributed by atoms with Crippen molar-refractivity contribution in [2.24, 2.45) is 5.92 Å². The minimum atomic E-state index is 0.607. The van der Waals surface area contributed by atoms with Gasteiger partial charge < -0.3 is 9.84 Å². The standard InChI is InChI=1S/C14H26N4O/c1-5-12-9-18(13(8-15-12)10(2)3)7-6-14-16-11(4)19-17-14/h10,12-13,15H,5-9H2,1-4H3. The van der Waals surface area contributed by atoms with Crippen molar-refractivity contribution in [3.63, 3.8) is 0 Å². The Morgan fingerprint density at radius 3 is 2.84 bits per heavy atom. The first-order chi connectivity index (χ1) is 9.10. The van der Waals surface area contributed by atoms with Crippen LogP contribution in [0.5, 0.6) is 0 Å². The first kappa shape index (κ1) is 14.5. The lowest BCUT2D eigenvalue weighted by Gasteiger charge is -2.42. The van der Waals surface area contributed by atoms with Crippen LogP contribution in [0.15, 0.2) is 4.52 Å². The summed E-state index contributed by atoms with van der Waals surface area (Å²) in [7, 11) is 0. The largest absolute Gasteiger partial charge is 0.340 e. The maximum atomic E-state index is 5.03. The van der Waals surface area contributed by atoms with Crippen molar-refractivity contribution in [3.8, 4) is 0 Å². The molecule has 0 radical (unpaired) electrons. The third kappa shape index (κ3) is 3.76. The van der Waals surface area contributed by atoms with Crippen LogP contribution in [0.3, 0.4) is 0 Å². The van der Waals surface area contributed by atoms with Crippen LogP contribution >= 0.6 is 0 Å². The summed E-state index contributed by atoms with van der Waals surface area (Å²) in [5.74, 6) is 2.14. The minimum Gasteiger partial charge on any atom is -0.340 e. The summed E-state index contributed by atoms with van der Waals surface area (Å²) in [4.78, 5) is 6.87. The Morgan fingerprint density at radius 2 is 2.26 bits per heavy atom. The number of hydrogen-bond acceptors (Lipinski definition) is 5. The summed E-state index contributed by atoms with van der Waals surface area (Å²) in [5.41, 5.74) is 0. The van der Waals surface area contributed by atoms with E-state index in [0.29, 0.717) is 23.9 Å². The van der Waals surface area contributed by atoms with Gasteiger partial charge in [-0.25, -0.2) is 0 Å². The highest BCUT2D eigenvalue weighted by atomic mass is 16.5. The summed E-state index contributed by atoms with van der Waals surface area (Å²) in [5, 5.41) is 7.62. The number of nitrogens with one attached hydrogen (secondary N) is 1. The molecule has 108 valence electrons. The molecule has 1 saturated heterocycles. The van der Waals surface area contributed by atoms with Gasteiger partial charge in [0.1, 0.15) is 0 Å². The Labute approximate surface area is 115 Å². The van der Waals surface area contributed by atoms with Gasteiger partial charge >= 0.3 is 0 Å². The lowest BCUT2D eigenvalue weighted by molar-refractivity contribution is 0.0977. The second-order valence-electron chi connectivity index (χ2n) is 5.80. The van der Waals surface area contributed by atoms with Crippen LogP contribution in [-0.2, 0) is 6.42 Å². The van der Waals surface area contributed by atoms with Gasteiger partial charge in [-0.15, -0.1) is 0 Å². The Balaban J connectivity index is 1.93. The molecular weight excluding hydrogens is 240 g/mol. The summed E-state index contributed by atoms with van der Waals surface area (Å²) < 4.78 is 5.03. The second kappa shape index (κ2) is 6.48. The van der Waals surface area contributed by atoms with E-state index in [1.807, 2.05) is 6.92 Å². The first-order valence-electron chi connectivity index (χ1n) is 7.36. The molecule has 5 heteroatoms. The van der Waals surface area contributed by atoms with Crippen LogP contribution in [0.2, 0.25) is 0 Å². The predicted molar refractivity (Wildman–Crippen MR) is 75.0 cm³/mol. The van der Waals surface area contributed by atoms with Crippen LogP contribution in [0, 0.1) is 12.8 Å². The maximum absolute atomic E-state index is 5.03. The summed E-state index contributed by atoms with van der Waals surface area (Å²) in [6.07, 6.45) is 2.06. The van der Waals surface area contributed by atoms with Gasteiger partial charge in [-0.2, -0.15) is 4.98 Å². The zero-order valence-corrected chi connectivity index (χ0v) is 12.5. The molecule has 0 aromatic carbocycles. The maximum Gasteiger partial charge on any atom is 0.223 e. The molecule has 2 unspecified atom stereocenters. The number of nitrogens with zero attached hydrogens (tertiary/aromatic N) is 3. The van der Waals surface area contributed by atoms with Crippen molar-refractivity contribution in [1.82, 2.24) is 20.4 Å². The number of aryl methyl sites for hydroxylation is 1. The lowest BCUT2D eigenvalue weighted by atomic mass is 9.97. The molecule has 1 aliphatic rings. The van der Waals surface area contributed by atoms with Gasteiger partial charge in [0.05, 0.1) is 0 Å². The molecule has 0 bridgehead atoms. The smallest absolute Gasteiger partial charge is 0.223 e. The van der Waals surface area contributed by atoms with Crippen LogP contribution in [0.1, 0.15) is 38.9 Å². The molecule has 2 heterocycles. The molecule has 2 rings (SSSR count). The van der Waals surface area contributed by atoms with E-state index in [4.69, 9.17) is 4.52 Å². The van der Waals surface area contributed by atoms with Gasteiger partial charge in [-0.05, 0) is 12.3 Å². The van der Waals surface area contributed by atoms with Crippen molar-refractivity contribution in [2.75, 3.05) is 19.6 Å². The number of aromatic nitrogens is 2. The van der Waals surface area contributed by atoms with E-state index >= 15 is 0 Å². The van der Waals surface area contributed by atoms with E-state index in [2.05, 4.69) is 41.1 Å². The van der Waals surface area contributed by atoms with E-state index in [9.17, 15) is 0 Å². The van der Waals surface area contributed by atoms with Gasteiger partial charge in [0.25, 0.3) is 0 Å². The van der Waals surface area contributed by atoms with Crippen molar-refractivity contribution in [1.29, 1.82) is 0 Å². The van der Waals surface area contributed by atoms with Crippen molar-refractivity contribution < 1.29 is 4.52 Å². The monoisotopic (exact) mass is 266 g/mol. The van der Waals surface area contributed by atoms with Gasteiger partial charge in [0.2, 0.25) is 5.89 Å². The Kier molecular flexibility index (Phi) is 4.93. The van der Waals surface area contributed by atoms with E-state index < -0.39 is 0 Å². The highest BCUT2D eigenvalue weighted by Crippen LogP contribution is 2.16. The van der Waals surface area contributed by atoms with Crippen LogP contribution in [0.25, 0.3) is 0 Å². The van der Waals surface area contributed by atoms with Crippen molar-refractivity contribution in [2.45, 2.75) is 52.6 Å². The molecular formula is C14H26N4O. The average molecular weight is 266 g/mol.